The summed E-state index contributed by atoms with van der Waals surface area (Å²) in [6.07, 6.45) is 0. The van der Waals surface area contributed by atoms with Crippen molar-refractivity contribution in [1.82, 2.24) is 0 Å². The van der Waals surface area contributed by atoms with Crippen LogP contribution in [0.4, 0.5) is 17.3 Å². The molecule has 12 heavy (non-hydrogen) atoms. The molecule has 74 valence electrons. The Labute approximate surface area is 67.0 Å². The van der Waals surface area contributed by atoms with Crippen molar-refractivity contribution in [3.05, 3.63) is 0 Å². The Bertz CT molecular complexity index is 132. The smallest absolute Gasteiger partial charge is 0.465 e. The number of methoxy groups -OCH3 is 1. The van der Waals surface area contributed by atoms with Gasteiger partial charge in [-0.15, -0.1) is 0 Å². The highest BCUT2D eigenvalue weighted by Gasteiger charge is 2.20. The molecule has 0 heterocycles. The monoisotopic (exact) mass is 191 g/mol. The van der Waals surface area contributed by atoms with Gasteiger partial charge in [0.05, 0.1) is 7.11 Å². The van der Waals surface area contributed by atoms with Gasteiger partial charge in [0.25, 0.3) is 0 Å². The van der Waals surface area contributed by atoms with Crippen LogP contribution in [0, 0.1) is 0 Å². The molecule has 0 bridgehead atoms. The zero-order valence-corrected chi connectivity index (χ0v) is 6.69. The molecule has 0 aliphatic carbocycles. The number of carbonyl (C=O) groups excluding carboxylic acids is 1. The number of hydrogen-bond donors (Lipinski definition) is 1. The number of hydrogen-bond acceptors (Lipinski definition) is 2. The minimum atomic E-state index is -6.00. The van der Waals surface area contributed by atoms with Crippen LogP contribution in [0.3, 0.4) is 0 Å². The van der Waals surface area contributed by atoms with E-state index in [1.54, 1.807) is 6.92 Å². The zero-order chi connectivity index (χ0) is 10.4. The number of carbonyl (C=O) groups is 1. The number of ether oxygens (including phenoxy) is 1. The van der Waals surface area contributed by atoms with Crippen LogP contribution in [0.5, 0.6) is 0 Å². The van der Waals surface area contributed by atoms with Gasteiger partial charge in [0, 0.05) is 0 Å². The lowest BCUT2D eigenvalue weighted by molar-refractivity contribution is -0.402. The van der Waals surface area contributed by atoms with Crippen LogP contribution in [0.25, 0.3) is 0 Å². The fourth-order valence-corrected chi connectivity index (χ4v) is 0.201. The van der Waals surface area contributed by atoms with Crippen molar-refractivity contribution < 1.29 is 32.5 Å². The zero-order valence-electron chi connectivity index (χ0n) is 6.69. The number of quaternary nitrogens is 1. The maximum absolute atomic E-state index is 10.2. The van der Waals surface area contributed by atoms with Crippen LogP contribution < -0.4 is 5.73 Å². The van der Waals surface area contributed by atoms with E-state index >= 15 is 0 Å². The molecule has 8 heteroatoms. The average Bonchev–Trinajstić information content (AvgIpc) is 1.82. The van der Waals surface area contributed by atoms with Crippen molar-refractivity contribution in [2.45, 2.75) is 13.0 Å². The van der Waals surface area contributed by atoms with Crippen LogP contribution in [-0.4, -0.2) is 26.4 Å². The lowest BCUT2D eigenvalue weighted by atomic mass is 10.3. The normalized spacial score (nSPS) is 12.6. The molecule has 0 rings (SSSR count). The predicted molar refractivity (Wildman–Crippen MR) is 34.6 cm³/mol. The second-order valence-electron chi connectivity index (χ2n) is 1.92. The first-order chi connectivity index (χ1) is 5.18. The first kappa shape index (κ1) is 13.8. The van der Waals surface area contributed by atoms with Crippen LogP contribution in [0.2, 0.25) is 0 Å². The van der Waals surface area contributed by atoms with Gasteiger partial charge >= 0.3 is 13.2 Å². The standard InChI is InChI=1S/C4H9NO2.BF4/c1-3(5)4(6)7-2;2-1(3,4)5/h3H,5H2,1-2H3;/q;-1/p+1/t3-;/m0./s1. The molecule has 0 aromatic heterocycles. The molecule has 0 aromatic rings. The summed E-state index contributed by atoms with van der Waals surface area (Å²) in [7, 11) is -4.65. The van der Waals surface area contributed by atoms with Gasteiger partial charge in [-0.3, -0.25) is 0 Å². The lowest BCUT2D eigenvalue weighted by Gasteiger charge is -1.95. The van der Waals surface area contributed by atoms with Gasteiger partial charge in [-0.25, -0.2) is 4.79 Å². The third-order valence-corrected chi connectivity index (χ3v) is 0.604. The third-order valence-electron chi connectivity index (χ3n) is 0.604. The van der Waals surface area contributed by atoms with Gasteiger partial charge in [-0.05, 0) is 6.92 Å². The molecular weight excluding hydrogens is 181 g/mol. The van der Waals surface area contributed by atoms with Crippen LogP contribution in [0.15, 0.2) is 0 Å². The van der Waals surface area contributed by atoms with Gasteiger partial charge < -0.3 is 27.7 Å². The van der Waals surface area contributed by atoms with E-state index in [4.69, 9.17) is 0 Å². The van der Waals surface area contributed by atoms with Crippen LogP contribution in [-0.2, 0) is 9.53 Å². The summed E-state index contributed by atoms with van der Waals surface area (Å²) < 4.78 is 43.3. The number of rotatable bonds is 1. The summed E-state index contributed by atoms with van der Waals surface area (Å²) in [5, 5.41) is 0. The van der Waals surface area contributed by atoms with Crippen molar-refractivity contribution in [3.63, 3.8) is 0 Å². The SMILES string of the molecule is COC(=O)[C@H](C)[NH3+].F[B-](F)(F)F. The van der Waals surface area contributed by atoms with Gasteiger partial charge in [-0.1, -0.05) is 0 Å². The molecule has 1 atom stereocenters. The Hall–Kier alpha value is -0.785. The second-order valence-corrected chi connectivity index (χ2v) is 1.92. The molecule has 0 aromatic carbocycles. The molecule has 3 nitrogen and oxygen atoms in total. The average molecular weight is 191 g/mol. The molecule has 3 N–H and O–H groups in total. The fraction of sp³-hybridized carbons (Fsp3) is 0.750. The van der Waals surface area contributed by atoms with Crippen molar-refractivity contribution >= 4 is 13.2 Å². The summed E-state index contributed by atoms with van der Waals surface area (Å²) >= 11 is 0. The summed E-state index contributed by atoms with van der Waals surface area (Å²) in [6, 6.07) is -0.245. The van der Waals surface area contributed by atoms with E-state index in [9.17, 15) is 22.1 Å². The van der Waals surface area contributed by atoms with Crippen LogP contribution >= 0.6 is 0 Å². The Morgan fingerprint density at radius 2 is 1.67 bits per heavy atom. The highest BCUT2D eigenvalue weighted by Crippen LogP contribution is 2.06. The molecule has 0 aliphatic rings. The lowest BCUT2D eigenvalue weighted by Crippen LogP contribution is -2.63. The van der Waals surface area contributed by atoms with Crippen LogP contribution in [0.1, 0.15) is 6.92 Å². The second kappa shape index (κ2) is 5.81. The highest BCUT2D eigenvalue weighted by molar-refractivity contribution is 6.50. The molecule has 0 amide bonds. The van der Waals surface area contributed by atoms with Gasteiger partial charge in [0.1, 0.15) is 0 Å². The van der Waals surface area contributed by atoms with E-state index in [1.165, 1.54) is 7.11 Å². The minimum absolute atomic E-state index is 0.245. The number of halogens is 4. The largest absolute Gasteiger partial charge is 0.673 e. The molecule has 0 saturated heterocycles. The first-order valence-corrected chi connectivity index (χ1v) is 2.96. The number of esters is 1. The van der Waals surface area contributed by atoms with Crippen molar-refractivity contribution in [2.24, 2.45) is 0 Å². The Morgan fingerprint density at radius 1 is 1.42 bits per heavy atom. The molecule has 0 fully saturated rings. The molecule has 0 saturated carbocycles. The highest BCUT2D eigenvalue weighted by atomic mass is 19.5. The summed E-state index contributed by atoms with van der Waals surface area (Å²) in [5.74, 6) is -0.264. The van der Waals surface area contributed by atoms with Crippen molar-refractivity contribution in [3.8, 4) is 0 Å². The van der Waals surface area contributed by atoms with Crippen molar-refractivity contribution in [2.75, 3.05) is 7.11 Å². The Kier molecular flexibility index (Phi) is 6.68. The summed E-state index contributed by atoms with van der Waals surface area (Å²) in [5.41, 5.74) is 3.43. The summed E-state index contributed by atoms with van der Waals surface area (Å²) in [4.78, 5) is 10.2. The molecule has 0 spiro atoms. The molecule has 0 unspecified atom stereocenters. The Morgan fingerprint density at radius 3 is 1.67 bits per heavy atom. The maximum atomic E-state index is 10.2. The predicted octanol–water partition coefficient (Wildman–Crippen LogP) is 0.0898. The fourth-order valence-electron chi connectivity index (χ4n) is 0.201. The topological polar surface area (TPSA) is 53.9 Å². The van der Waals surface area contributed by atoms with Crippen molar-refractivity contribution in [1.29, 1.82) is 0 Å². The summed E-state index contributed by atoms with van der Waals surface area (Å²) in [6.45, 7) is 1.69. The van der Waals surface area contributed by atoms with Gasteiger partial charge in [0.15, 0.2) is 6.04 Å². The Balaban J connectivity index is 0. The van der Waals surface area contributed by atoms with E-state index in [0.29, 0.717) is 0 Å². The van der Waals surface area contributed by atoms with Gasteiger partial charge in [-0.2, -0.15) is 0 Å². The first-order valence-electron chi connectivity index (χ1n) is 2.96. The molecular formula is C4H10BF4NO2. The molecule has 0 aliphatic heterocycles. The van der Waals surface area contributed by atoms with E-state index in [1.807, 2.05) is 0 Å². The minimum Gasteiger partial charge on any atom is -0.465 e. The maximum Gasteiger partial charge on any atom is 0.673 e. The molecule has 0 radical (unpaired) electrons. The quantitative estimate of drug-likeness (QED) is 0.362. The van der Waals surface area contributed by atoms with Gasteiger partial charge in [0.2, 0.25) is 0 Å². The third kappa shape index (κ3) is 22.9. The van der Waals surface area contributed by atoms with E-state index < -0.39 is 7.25 Å². The van der Waals surface area contributed by atoms with E-state index in [-0.39, 0.29) is 12.0 Å². The van der Waals surface area contributed by atoms with E-state index in [0.717, 1.165) is 0 Å². The van der Waals surface area contributed by atoms with E-state index in [2.05, 4.69) is 10.5 Å².